The predicted octanol–water partition coefficient (Wildman–Crippen LogP) is 0.502. The Balaban J connectivity index is 3.07. The fourth-order valence-electron chi connectivity index (χ4n) is 0.212. The number of halogens is 3. The fraction of sp³-hybridized carbons (Fsp3) is 1.00. The number of nitrogens with one attached hydrogen (secondary N) is 1. The molecule has 0 aliphatic carbocycles. The molecule has 2 N–H and O–H groups in total. The molecule has 0 unspecified atom stereocenters. The van der Waals surface area contributed by atoms with Gasteiger partial charge in [-0.2, -0.15) is 0 Å². The normalized spacial score (nSPS) is 12.0. The summed E-state index contributed by atoms with van der Waals surface area (Å²) in [4.78, 5) is 0. The monoisotopic (exact) mass is 145 g/mol. The molecule has 0 bridgehead atoms. The molecular formula is C3H6F3NO2. The first-order valence-electron chi connectivity index (χ1n) is 2.14. The Hall–Kier alpha value is -0.330. The van der Waals surface area contributed by atoms with Gasteiger partial charge in [0.25, 0.3) is 0 Å². The summed E-state index contributed by atoms with van der Waals surface area (Å²) in [5.74, 6) is 0. The van der Waals surface area contributed by atoms with Crippen LogP contribution >= 0.6 is 0 Å². The molecule has 0 amide bonds. The summed E-state index contributed by atoms with van der Waals surface area (Å²) < 4.78 is 36.4. The maximum absolute atomic E-state index is 11.0. The molecule has 3 nitrogen and oxygen atoms in total. The van der Waals surface area contributed by atoms with Gasteiger partial charge < -0.3 is 5.21 Å². The first-order valence-corrected chi connectivity index (χ1v) is 2.14. The Morgan fingerprint density at radius 1 is 1.44 bits per heavy atom. The molecule has 9 heavy (non-hydrogen) atoms. The molecule has 0 aliphatic heterocycles. The van der Waals surface area contributed by atoms with Crippen molar-refractivity contribution in [1.82, 2.24) is 5.48 Å². The molecule has 0 spiro atoms. The van der Waals surface area contributed by atoms with Gasteiger partial charge in [0.2, 0.25) is 0 Å². The predicted molar refractivity (Wildman–Crippen MR) is 21.8 cm³/mol. The van der Waals surface area contributed by atoms with Crippen molar-refractivity contribution in [3.8, 4) is 0 Å². The summed E-state index contributed by atoms with van der Waals surface area (Å²) >= 11 is 0. The van der Waals surface area contributed by atoms with Crippen LogP contribution in [0, 0.1) is 0 Å². The van der Waals surface area contributed by atoms with Crippen LogP contribution in [-0.2, 0) is 4.74 Å². The molecule has 0 saturated heterocycles. The average Bonchev–Trinajstić information content (AvgIpc) is 1.63. The second-order valence-electron chi connectivity index (χ2n) is 1.20. The van der Waals surface area contributed by atoms with E-state index in [1.54, 1.807) is 0 Å². The summed E-state index contributed by atoms with van der Waals surface area (Å²) in [6.45, 7) is -0.820. The van der Waals surface area contributed by atoms with Gasteiger partial charge in [0, 0.05) is 6.54 Å². The van der Waals surface area contributed by atoms with Crippen molar-refractivity contribution in [3.63, 3.8) is 0 Å². The third kappa shape index (κ3) is 7.67. The van der Waals surface area contributed by atoms with Crippen LogP contribution in [0.15, 0.2) is 0 Å². The van der Waals surface area contributed by atoms with Crippen molar-refractivity contribution in [2.75, 3.05) is 13.2 Å². The average molecular weight is 145 g/mol. The Kier molecular flexibility index (Phi) is 3.52. The zero-order valence-corrected chi connectivity index (χ0v) is 4.40. The highest BCUT2D eigenvalue weighted by Crippen LogP contribution is 2.14. The lowest BCUT2D eigenvalue weighted by molar-refractivity contribution is -0.324. The van der Waals surface area contributed by atoms with Crippen molar-refractivity contribution >= 4 is 0 Å². The van der Waals surface area contributed by atoms with Crippen molar-refractivity contribution in [2.45, 2.75) is 6.36 Å². The van der Waals surface area contributed by atoms with E-state index >= 15 is 0 Å². The lowest BCUT2D eigenvalue weighted by Gasteiger charge is -2.04. The Morgan fingerprint density at radius 3 is 2.33 bits per heavy atom. The van der Waals surface area contributed by atoms with Gasteiger partial charge in [-0.1, -0.05) is 0 Å². The van der Waals surface area contributed by atoms with Gasteiger partial charge in [0.05, 0.1) is 6.61 Å². The van der Waals surface area contributed by atoms with Gasteiger partial charge in [0.1, 0.15) is 0 Å². The summed E-state index contributed by atoms with van der Waals surface area (Å²) in [5.41, 5.74) is 1.52. The van der Waals surface area contributed by atoms with Gasteiger partial charge in [-0.15, -0.1) is 13.2 Å². The first kappa shape index (κ1) is 8.67. The summed E-state index contributed by atoms with van der Waals surface area (Å²) in [6, 6.07) is 0. The number of hydrogen-bond acceptors (Lipinski definition) is 3. The highest BCUT2D eigenvalue weighted by atomic mass is 19.4. The maximum Gasteiger partial charge on any atom is 0.522 e. The quantitative estimate of drug-likeness (QED) is 0.449. The molecule has 0 heterocycles. The Bertz CT molecular complexity index is 73.9. The first-order chi connectivity index (χ1) is 4.06. The minimum atomic E-state index is -4.60. The van der Waals surface area contributed by atoms with Crippen molar-refractivity contribution < 1.29 is 23.1 Å². The van der Waals surface area contributed by atoms with E-state index in [-0.39, 0.29) is 6.54 Å². The third-order valence-electron chi connectivity index (χ3n) is 0.480. The van der Waals surface area contributed by atoms with E-state index in [4.69, 9.17) is 5.21 Å². The standard InChI is InChI=1S/C3H6F3NO2/c4-3(5,6)9-2-1-7-8/h7-8H,1-2H2. The summed E-state index contributed by atoms with van der Waals surface area (Å²) in [7, 11) is 0. The van der Waals surface area contributed by atoms with Gasteiger partial charge in [-0.3, -0.25) is 4.74 Å². The maximum atomic E-state index is 11.0. The van der Waals surface area contributed by atoms with Crippen LogP contribution in [0.4, 0.5) is 13.2 Å². The van der Waals surface area contributed by atoms with Crippen LogP contribution in [0.1, 0.15) is 0 Å². The zero-order valence-electron chi connectivity index (χ0n) is 4.40. The van der Waals surface area contributed by atoms with Crippen LogP contribution in [0.2, 0.25) is 0 Å². The van der Waals surface area contributed by atoms with Crippen molar-refractivity contribution in [2.24, 2.45) is 0 Å². The molecule has 0 aromatic heterocycles. The van der Waals surface area contributed by atoms with Crippen LogP contribution in [0.5, 0.6) is 0 Å². The molecule has 0 aromatic rings. The molecule has 0 atom stereocenters. The zero-order chi connectivity index (χ0) is 7.33. The SMILES string of the molecule is ONCCOC(F)(F)F. The largest absolute Gasteiger partial charge is 0.522 e. The van der Waals surface area contributed by atoms with Gasteiger partial charge in [-0.25, -0.2) is 5.48 Å². The molecule has 0 aliphatic rings. The van der Waals surface area contributed by atoms with E-state index < -0.39 is 13.0 Å². The molecule has 56 valence electrons. The highest BCUT2D eigenvalue weighted by molar-refractivity contribution is 4.32. The van der Waals surface area contributed by atoms with Crippen LogP contribution in [-0.4, -0.2) is 24.7 Å². The molecular weight excluding hydrogens is 139 g/mol. The number of hydrogen-bond donors (Lipinski definition) is 2. The lowest BCUT2D eigenvalue weighted by atomic mass is 10.7. The number of rotatable bonds is 3. The van der Waals surface area contributed by atoms with Gasteiger partial charge in [-0.05, 0) is 0 Å². The summed E-state index contributed by atoms with van der Waals surface area (Å²) in [5, 5.41) is 7.77. The molecule has 0 aromatic carbocycles. The molecule has 0 radical (unpaired) electrons. The number of ether oxygens (including phenoxy) is 1. The van der Waals surface area contributed by atoms with Crippen LogP contribution < -0.4 is 5.48 Å². The minimum absolute atomic E-state index is 0.237. The smallest absolute Gasteiger partial charge is 0.317 e. The van der Waals surface area contributed by atoms with Crippen molar-refractivity contribution in [1.29, 1.82) is 0 Å². The van der Waals surface area contributed by atoms with Gasteiger partial charge >= 0.3 is 6.36 Å². The number of alkyl halides is 3. The second kappa shape index (κ2) is 3.65. The molecule has 0 fully saturated rings. The molecule has 6 heteroatoms. The van der Waals surface area contributed by atoms with E-state index in [9.17, 15) is 13.2 Å². The van der Waals surface area contributed by atoms with E-state index in [0.717, 1.165) is 0 Å². The molecule has 0 saturated carbocycles. The highest BCUT2D eigenvalue weighted by Gasteiger charge is 2.28. The summed E-state index contributed by atoms with van der Waals surface area (Å²) in [6.07, 6.45) is -4.60. The van der Waals surface area contributed by atoms with E-state index in [1.165, 1.54) is 5.48 Å². The second-order valence-corrected chi connectivity index (χ2v) is 1.20. The Labute approximate surface area is 49.4 Å². The van der Waals surface area contributed by atoms with E-state index in [0.29, 0.717) is 0 Å². The van der Waals surface area contributed by atoms with Crippen LogP contribution in [0.25, 0.3) is 0 Å². The minimum Gasteiger partial charge on any atom is -0.317 e. The van der Waals surface area contributed by atoms with Crippen LogP contribution in [0.3, 0.4) is 0 Å². The van der Waals surface area contributed by atoms with Crippen molar-refractivity contribution in [3.05, 3.63) is 0 Å². The lowest BCUT2D eigenvalue weighted by Crippen LogP contribution is -2.21. The van der Waals surface area contributed by atoms with Gasteiger partial charge in [0.15, 0.2) is 0 Å². The topological polar surface area (TPSA) is 41.5 Å². The van der Waals surface area contributed by atoms with E-state index in [2.05, 4.69) is 4.74 Å². The Morgan fingerprint density at radius 2 is 2.00 bits per heavy atom. The van der Waals surface area contributed by atoms with E-state index in [1.807, 2.05) is 0 Å². The number of hydroxylamine groups is 1. The molecule has 0 rings (SSSR count). The fourth-order valence-corrected chi connectivity index (χ4v) is 0.212. The third-order valence-corrected chi connectivity index (χ3v) is 0.480.